The summed E-state index contributed by atoms with van der Waals surface area (Å²) in [7, 11) is 0. The number of carbonyl (C=O) groups is 1. The van der Waals surface area contributed by atoms with E-state index >= 15 is 0 Å². The van der Waals surface area contributed by atoms with Crippen LogP contribution < -0.4 is 5.56 Å². The normalized spacial score (nSPS) is 17.0. The number of hydrogen-bond donors (Lipinski definition) is 1. The third kappa shape index (κ3) is 3.73. The van der Waals surface area contributed by atoms with Crippen molar-refractivity contribution in [2.75, 3.05) is 26.3 Å². The maximum Gasteiger partial charge on any atom is 0.259 e. The average Bonchev–Trinajstić information content (AvgIpc) is 2.83. The summed E-state index contributed by atoms with van der Waals surface area (Å²) in [6.07, 6.45) is 0.855. The molecule has 1 aliphatic rings. The van der Waals surface area contributed by atoms with E-state index in [2.05, 4.69) is 9.97 Å². The average molecular weight is 333 g/mol. The lowest BCUT2D eigenvalue weighted by atomic mass is 10.2. The van der Waals surface area contributed by atoms with Crippen LogP contribution in [0.4, 0.5) is 0 Å². The highest BCUT2D eigenvalue weighted by Gasteiger charge is 2.23. The Hall–Kier alpha value is -1.86. The van der Waals surface area contributed by atoms with Gasteiger partial charge in [0.15, 0.2) is 5.16 Å². The molecular weight excluding hydrogens is 314 g/mol. The van der Waals surface area contributed by atoms with Crippen molar-refractivity contribution >= 4 is 28.6 Å². The summed E-state index contributed by atoms with van der Waals surface area (Å²) in [4.78, 5) is 33.6. The molecule has 1 aliphatic heterocycles. The standard InChI is InChI=1S/C16H19N3O3S/c1-11(15(21)19-7-4-9-22-10-8-19)23-16-17-13-6-3-2-5-12(13)14(20)18-16/h2-3,5-6,11H,4,7-10H2,1H3,(H,17,18,20)/t11-/m1/s1. The lowest BCUT2D eigenvalue weighted by Gasteiger charge is -2.22. The number of thioether (sulfide) groups is 1. The van der Waals surface area contributed by atoms with E-state index in [1.165, 1.54) is 11.8 Å². The van der Waals surface area contributed by atoms with Gasteiger partial charge in [-0.3, -0.25) is 9.59 Å². The molecule has 0 spiro atoms. The lowest BCUT2D eigenvalue weighted by Crippen LogP contribution is -2.38. The second-order valence-corrected chi connectivity index (χ2v) is 6.77. The summed E-state index contributed by atoms with van der Waals surface area (Å²) in [5, 5.41) is 0.721. The summed E-state index contributed by atoms with van der Waals surface area (Å²) in [6, 6.07) is 7.18. The summed E-state index contributed by atoms with van der Waals surface area (Å²) < 4.78 is 5.38. The molecule has 122 valence electrons. The Morgan fingerprint density at radius 3 is 3.04 bits per heavy atom. The fourth-order valence-corrected chi connectivity index (χ4v) is 3.45. The van der Waals surface area contributed by atoms with Gasteiger partial charge in [0.25, 0.3) is 5.56 Å². The van der Waals surface area contributed by atoms with Crippen molar-refractivity contribution in [3.8, 4) is 0 Å². The summed E-state index contributed by atoms with van der Waals surface area (Å²) in [5.74, 6) is 0.0521. The molecule has 1 saturated heterocycles. The monoisotopic (exact) mass is 333 g/mol. The fraction of sp³-hybridized carbons (Fsp3) is 0.438. The molecule has 1 amide bonds. The molecule has 1 fully saturated rings. The van der Waals surface area contributed by atoms with Crippen molar-refractivity contribution in [3.05, 3.63) is 34.6 Å². The molecule has 1 atom stereocenters. The van der Waals surface area contributed by atoms with Crippen LogP contribution in [0.1, 0.15) is 13.3 Å². The van der Waals surface area contributed by atoms with Crippen molar-refractivity contribution in [2.45, 2.75) is 23.8 Å². The minimum absolute atomic E-state index is 0.0521. The van der Waals surface area contributed by atoms with Crippen LogP contribution in [0.15, 0.2) is 34.2 Å². The van der Waals surface area contributed by atoms with Gasteiger partial charge in [-0.05, 0) is 25.5 Å². The van der Waals surface area contributed by atoms with E-state index in [4.69, 9.17) is 4.74 Å². The molecule has 3 rings (SSSR count). The van der Waals surface area contributed by atoms with E-state index in [-0.39, 0.29) is 16.7 Å². The number of nitrogens with one attached hydrogen (secondary N) is 1. The smallest absolute Gasteiger partial charge is 0.259 e. The van der Waals surface area contributed by atoms with E-state index < -0.39 is 0 Å². The van der Waals surface area contributed by atoms with Crippen molar-refractivity contribution in [2.24, 2.45) is 0 Å². The molecule has 0 unspecified atom stereocenters. The van der Waals surface area contributed by atoms with Crippen LogP contribution >= 0.6 is 11.8 Å². The van der Waals surface area contributed by atoms with Gasteiger partial charge in [-0.25, -0.2) is 4.98 Å². The zero-order valence-electron chi connectivity index (χ0n) is 12.9. The summed E-state index contributed by atoms with van der Waals surface area (Å²) >= 11 is 1.28. The number of H-pyrrole nitrogens is 1. The summed E-state index contributed by atoms with van der Waals surface area (Å²) in [5.41, 5.74) is 0.461. The first-order valence-corrected chi connectivity index (χ1v) is 8.55. The second kappa shape index (κ2) is 7.14. The van der Waals surface area contributed by atoms with Gasteiger partial charge in [-0.2, -0.15) is 0 Å². The number of nitrogens with zero attached hydrogens (tertiary/aromatic N) is 2. The topological polar surface area (TPSA) is 75.3 Å². The minimum Gasteiger partial charge on any atom is -0.380 e. The molecule has 1 N–H and O–H groups in total. The Labute approximate surface area is 138 Å². The largest absolute Gasteiger partial charge is 0.380 e. The Bertz CT molecular complexity index is 754. The van der Waals surface area contributed by atoms with E-state index in [0.717, 1.165) is 6.42 Å². The van der Waals surface area contributed by atoms with Crippen molar-refractivity contribution in [1.82, 2.24) is 14.9 Å². The number of hydrogen-bond acceptors (Lipinski definition) is 5. The van der Waals surface area contributed by atoms with Crippen LogP contribution in [0, 0.1) is 0 Å². The highest BCUT2D eigenvalue weighted by molar-refractivity contribution is 8.00. The van der Waals surface area contributed by atoms with Crippen LogP contribution in [-0.2, 0) is 9.53 Å². The highest BCUT2D eigenvalue weighted by Crippen LogP contribution is 2.22. The zero-order valence-corrected chi connectivity index (χ0v) is 13.8. The van der Waals surface area contributed by atoms with Crippen LogP contribution in [0.5, 0.6) is 0 Å². The minimum atomic E-state index is -0.308. The number of fused-ring (bicyclic) bond motifs is 1. The van der Waals surface area contributed by atoms with E-state index in [9.17, 15) is 9.59 Å². The first-order chi connectivity index (χ1) is 11.1. The predicted octanol–water partition coefficient (Wildman–Crippen LogP) is 1.65. The van der Waals surface area contributed by atoms with E-state index in [1.807, 2.05) is 17.9 Å². The third-order valence-electron chi connectivity index (χ3n) is 3.76. The molecule has 2 heterocycles. The number of aromatic amines is 1. The Morgan fingerprint density at radius 2 is 2.17 bits per heavy atom. The molecule has 0 aliphatic carbocycles. The van der Waals surface area contributed by atoms with Crippen LogP contribution in [0.3, 0.4) is 0 Å². The zero-order chi connectivity index (χ0) is 16.2. The number of carbonyl (C=O) groups excluding carboxylic acids is 1. The quantitative estimate of drug-likeness (QED) is 0.683. The van der Waals surface area contributed by atoms with Crippen LogP contribution in [-0.4, -0.2) is 52.3 Å². The third-order valence-corrected chi connectivity index (χ3v) is 4.73. The number of para-hydroxylation sites is 1. The van der Waals surface area contributed by atoms with E-state index in [0.29, 0.717) is 42.4 Å². The Morgan fingerprint density at radius 1 is 1.35 bits per heavy atom. The molecule has 0 saturated carbocycles. The van der Waals surface area contributed by atoms with Crippen molar-refractivity contribution < 1.29 is 9.53 Å². The molecule has 2 aromatic rings. The van der Waals surface area contributed by atoms with Crippen LogP contribution in [0.25, 0.3) is 10.9 Å². The fourth-order valence-electron chi connectivity index (χ4n) is 2.56. The van der Waals surface area contributed by atoms with Gasteiger partial charge in [-0.1, -0.05) is 23.9 Å². The van der Waals surface area contributed by atoms with Crippen molar-refractivity contribution in [1.29, 1.82) is 0 Å². The molecular formula is C16H19N3O3S. The SMILES string of the molecule is C[C@@H](Sc1nc2ccccc2c(=O)[nH]1)C(=O)N1CCCOCC1. The highest BCUT2D eigenvalue weighted by atomic mass is 32.2. The predicted molar refractivity (Wildman–Crippen MR) is 89.7 cm³/mol. The summed E-state index contributed by atoms with van der Waals surface area (Å²) in [6.45, 7) is 4.45. The van der Waals surface area contributed by atoms with Gasteiger partial charge >= 0.3 is 0 Å². The molecule has 6 nitrogen and oxygen atoms in total. The number of rotatable bonds is 3. The Kier molecular flexibility index (Phi) is 4.97. The molecule has 0 radical (unpaired) electrons. The van der Waals surface area contributed by atoms with Gasteiger partial charge in [0, 0.05) is 19.7 Å². The number of aromatic nitrogens is 2. The van der Waals surface area contributed by atoms with Crippen LogP contribution in [0.2, 0.25) is 0 Å². The molecule has 23 heavy (non-hydrogen) atoms. The number of ether oxygens (including phenoxy) is 1. The molecule has 0 bridgehead atoms. The van der Waals surface area contributed by atoms with Gasteiger partial charge in [0.1, 0.15) is 0 Å². The van der Waals surface area contributed by atoms with Gasteiger partial charge in [0.05, 0.1) is 22.8 Å². The first-order valence-electron chi connectivity index (χ1n) is 7.67. The number of benzene rings is 1. The van der Waals surface area contributed by atoms with Crippen molar-refractivity contribution in [3.63, 3.8) is 0 Å². The number of amides is 1. The second-order valence-electron chi connectivity index (χ2n) is 5.44. The maximum atomic E-state index is 12.5. The van der Waals surface area contributed by atoms with Gasteiger partial charge in [-0.15, -0.1) is 0 Å². The van der Waals surface area contributed by atoms with Gasteiger partial charge in [0.2, 0.25) is 5.91 Å². The first kappa shape index (κ1) is 16.0. The van der Waals surface area contributed by atoms with Gasteiger partial charge < -0.3 is 14.6 Å². The Balaban J connectivity index is 1.75. The lowest BCUT2D eigenvalue weighted by molar-refractivity contribution is -0.130. The molecule has 7 heteroatoms. The maximum absolute atomic E-state index is 12.5. The van der Waals surface area contributed by atoms with E-state index in [1.54, 1.807) is 18.2 Å². The molecule has 1 aromatic carbocycles. The molecule has 1 aromatic heterocycles.